The van der Waals surface area contributed by atoms with Gasteiger partial charge in [-0.3, -0.25) is 4.79 Å². The molecule has 0 unspecified atom stereocenters. The Morgan fingerprint density at radius 1 is 1.47 bits per heavy atom. The van der Waals surface area contributed by atoms with Crippen LogP contribution < -0.4 is 11.1 Å². The lowest BCUT2D eigenvalue weighted by molar-refractivity contribution is 0.0390. The largest absolute Gasteiger partial charge is 0.378 e. The molecule has 4 rings (SSSR count). The number of halogens is 1. The van der Waals surface area contributed by atoms with Crippen molar-refractivity contribution in [2.24, 2.45) is 10.7 Å². The Hall–Kier alpha value is -2.21. The molecule has 3 N–H and O–H groups in total. The highest BCUT2D eigenvalue weighted by atomic mass is 35.5. The maximum absolute atomic E-state index is 13.0. The van der Waals surface area contributed by atoms with Gasteiger partial charge in [0.1, 0.15) is 16.6 Å². The van der Waals surface area contributed by atoms with Crippen molar-refractivity contribution in [2.45, 2.75) is 24.1 Å². The van der Waals surface area contributed by atoms with Gasteiger partial charge in [0.25, 0.3) is 5.91 Å². The number of hydrogen-bond acceptors (Lipinski definition) is 8. The lowest BCUT2D eigenvalue weighted by Crippen LogP contribution is -2.60. The van der Waals surface area contributed by atoms with E-state index < -0.39 is 26.7 Å². The molecule has 1 fully saturated rings. The maximum Gasteiger partial charge on any atom is 0.266 e. The first-order chi connectivity index (χ1) is 14.1. The average Bonchev–Trinajstić information content (AvgIpc) is 3.09. The van der Waals surface area contributed by atoms with E-state index in [1.54, 1.807) is 12.1 Å². The fourth-order valence-electron chi connectivity index (χ4n) is 3.67. The fourth-order valence-corrected chi connectivity index (χ4v) is 7.13. The number of fused-ring (bicyclic) bond motifs is 1. The molecule has 0 aliphatic carbocycles. The summed E-state index contributed by atoms with van der Waals surface area (Å²) in [6.45, 7) is 2.11. The number of guanidine groups is 1. The zero-order valence-electron chi connectivity index (χ0n) is 16.3. The van der Waals surface area contributed by atoms with Crippen molar-refractivity contribution >= 4 is 50.6 Å². The highest BCUT2D eigenvalue weighted by Crippen LogP contribution is 2.48. The van der Waals surface area contributed by atoms with Crippen molar-refractivity contribution in [3.63, 3.8) is 0 Å². The molecule has 2 aliphatic rings. The van der Waals surface area contributed by atoms with Crippen LogP contribution in [0.3, 0.4) is 0 Å². The van der Waals surface area contributed by atoms with E-state index in [0.29, 0.717) is 15.6 Å². The SMILES string of the molecule is Cc1cccc(NC(=O)c2cc(Cl)c([C@]34COCC[C@@H]3S(=O)(=O)N(C)C(N)=N4)s2)n1. The van der Waals surface area contributed by atoms with Crippen LogP contribution in [0.5, 0.6) is 0 Å². The number of sulfonamides is 1. The monoisotopic (exact) mass is 469 g/mol. The second-order valence-corrected chi connectivity index (χ2v) is 10.7. The normalized spacial score (nSPS) is 25.4. The number of aromatic nitrogens is 1. The van der Waals surface area contributed by atoms with Crippen LogP contribution in [0.15, 0.2) is 29.3 Å². The molecule has 1 amide bonds. The van der Waals surface area contributed by atoms with E-state index in [1.165, 1.54) is 13.1 Å². The smallest absolute Gasteiger partial charge is 0.266 e. The molecular formula is C18H20ClN5O4S2. The predicted molar refractivity (Wildman–Crippen MR) is 115 cm³/mol. The molecule has 2 atom stereocenters. The Kier molecular flexibility index (Phi) is 5.25. The van der Waals surface area contributed by atoms with Gasteiger partial charge in [-0.25, -0.2) is 22.7 Å². The summed E-state index contributed by atoms with van der Waals surface area (Å²) in [4.78, 5) is 22.3. The van der Waals surface area contributed by atoms with Gasteiger partial charge < -0.3 is 15.8 Å². The molecule has 4 heterocycles. The van der Waals surface area contributed by atoms with Gasteiger partial charge in [0.2, 0.25) is 16.0 Å². The number of nitrogens with two attached hydrogens (primary N) is 1. The lowest BCUT2D eigenvalue weighted by Gasteiger charge is -2.45. The second-order valence-electron chi connectivity index (χ2n) is 7.14. The third kappa shape index (κ3) is 3.35. The number of pyridine rings is 1. The number of rotatable bonds is 3. The van der Waals surface area contributed by atoms with Gasteiger partial charge in [-0.05, 0) is 31.5 Å². The molecule has 2 aliphatic heterocycles. The summed E-state index contributed by atoms with van der Waals surface area (Å²) in [6, 6.07) is 6.79. The molecule has 0 aromatic carbocycles. The van der Waals surface area contributed by atoms with Gasteiger partial charge >= 0.3 is 0 Å². The molecule has 0 saturated carbocycles. The highest BCUT2D eigenvalue weighted by molar-refractivity contribution is 7.90. The quantitative estimate of drug-likeness (QED) is 0.707. The van der Waals surface area contributed by atoms with Crippen molar-refractivity contribution in [2.75, 3.05) is 25.6 Å². The van der Waals surface area contributed by atoms with E-state index in [2.05, 4.69) is 15.3 Å². The Bertz CT molecular complexity index is 1150. The third-order valence-corrected chi connectivity index (χ3v) is 9.20. The van der Waals surface area contributed by atoms with E-state index in [0.717, 1.165) is 21.3 Å². The van der Waals surface area contributed by atoms with Gasteiger partial charge in [-0.15, -0.1) is 11.3 Å². The molecule has 30 heavy (non-hydrogen) atoms. The van der Waals surface area contributed by atoms with Gasteiger partial charge in [-0.1, -0.05) is 17.7 Å². The van der Waals surface area contributed by atoms with E-state index >= 15 is 0 Å². The second kappa shape index (κ2) is 7.49. The van der Waals surface area contributed by atoms with Crippen LogP contribution in [-0.2, 0) is 20.3 Å². The Balaban J connectivity index is 1.75. The summed E-state index contributed by atoms with van der Waals surface area (Å²) < 4.78 is 32.7. The van der Waals surface area contributed by atoms with Gasteiger partial charge in [-0.2, -0.15) is 0 Å². The van der Waals surface area contributed by atoms with Crippen molar-refractivity contribution in [3.8, 4) is 0 Å². The van der Waals surface area contributed by atoms with E-state index in [4.69, 9.17) is 22.1 Å². The van der Waals surface area contributed by atoms with Crippen LogP contribution in [0.25, 0.3) is 0 Å². The van der Waals surface area contributed by atoms with E-state index in [9.17, 15) is 13.2 Å². The topological polar surface area (TPSA) is 127 Å². The number of aryl methyl sites for hydroxylation is 1. The van der Waals surface area contributed by atoms with Crippen molar-refractivity contribution in [1.29, 1.82) is 0 Å². The van der Waals surface area contributed by atoms with Crippen LogP contribution in [0.2, 0.25) is 5.02 Å². The molecular weight excluding hydrogens is 450 g/mol. The van der Waals surface area contributed by atoms with Crippen molar-refractivity contribution in [1.82, 2.24) is 9.29 Å². The molecule has 0 spiro atoms. The third-order valence-electron chi connectivity index (χ3n) is 5.19. The molecule has 0 radical (unpaired) electrons. The Labute approximate surface area is 183 Å². The number of carbonyl (C=O) groups excluding carboxylic acids is 1. The first-order valence-electron chi connectivity index (χ1n) is 9.11. The van der Waals surface area contributed by atoms with Crippen LogP contribution >= 0.6 is 22.9 Å². The first-order valence-corrected chi connectivity index (χ1v) is 11.8. The van der Waals surface area contributed by atoms with E-state index in [-0.39, 0.29) is 30.6 Å². The number of nitrogens with zero attached hydrogens (tertiary/aromatic N) is 3. The summed E-state index contributed by atoms with van der Waals surface area (Å²) in [5.74, 6) is -0.132. The van der Waals surface area contributed by atoms with Crippen LogP contribution in [0, 0.1) is 6.92 Å². The van der Waals surface area contributed by atoms with Gasteiger partial charge in [0, 0.05) is 19.3 Å². The lowest BCUT2D eigenvalue weighted by atomic mass is 9.90. The number of anilines is 1. The number of carbonyl (C=O) groups is 1. The minimum atomic E-state index is -3.76. The van der Waals surface area contributed by atoms with Crippen molar-refractivity contribution < 1.29 is 17.9 Å². The molecule has 2 aromatic rings. The number of ether oxygens (including phenoxy) is 1. The molecule has 9 nitrogen and oxygen atoms in total. The zero-order valence-corrected chi connectivity index (χ0v) is 18.6. The van der Waals surface area contributed by atoms with Crippen molar-refractivity contribution in [3.05, 3.63) is 44.7 Å². The number of aliphatic imine (C=N–C) groups is 1. The molecule has 0 bridgehead atoms. The number of hydrogen-bond donors (Lipinski definition) is 2. The predicted octanol–water partition coefficient (Wildman–Crippen LogP) is 1.93. The summed E-state index contributed by atoms with van der Waals surface area (Å²) in [5.41, 5.74) is 5.40. The molecule has 160 valence electrons. The summed E-state index contributed by atoms with van der Waals surface area (Å²) in [7, 11) is -2.39. The Morgan fingerprint density at radius 2 is 2.23 bits per heavy atom. The number of nitrogens with one attached hydrogen (secondary N) is 1. The standard InChI is InChI=1S/C18H20ClN5O4S2/c1-10-4-3-5-14(21-10)22-16(25)12-8-11(19)15(29-12)18-9-28-7-6-13(18)30(26,27)24(2)17(20)23-18/h3-5,8,13H,6-7,9H2,1-2H3,(H2,20,23)(H,21,22,25)/t13-,18-/m0/s1. The molecule has 1 saturated heterocycles. The first kappa shape index (κ1) is 21.0. The minimum Gasteiger partial charge on any atom is -0.378 e. The van der Waals surface area contributed by atoms with Crippen LogP contribution in [-0.4, -0.2) is 55.1 Å². The maximum atomic E-state index is 13.0. The summed E-state index contributed by atoms with van der Waals surface area (Å²) in [6.07, 6.45) is 0.242. The fraction of sp³-hybridized carbons (Fsp3) is 0.389. The number of amides is 1. The van der Waals surface area contributed by atoms with Crippen LogP contribution in [0.1, 0.15) is 26.7 Å². The minimum absolute atomic E-state index is 0.00612. The molecule has 12 heteroatoms. The average molecular weight is 470 g/mol. The summed E-state index contributed by atoms with van der Waals surface area (Å²) >= 11 is 7.56. The van der Waals surface area contributed by atoms with E-state index in [1.807, 2.05) is 13.0 Å². The molecule has 2 aromatic heterocycles. The number of thiophene rings is 1. The van der Waals surface area contributed by atoms with Gasteiger partial charge in [0.05, 0.1) is 21.4 Å². The summed E-state index contributed by atoms with van der Waals surface area (Å²) in [5, 5.41) is 2.08. The zero-order chi connectivity index (χ0) is 21.7. The Morgan fingerprint density at radius 3 is 2.97 bits per heavy atom. The van der Waals surface area contributed by atoms with Gasteiger partial charge in [0.15, 0.2) is 0 Å². The highest BCUT2D eigenvalue weighted by Gasteiger charge is 2.56. The van der Waals surface area contributed by atoms with Crippen LogP contribution in [0.4, 0.5) is 5.82 Å².